The predicted octanol–water partition coefficient (Wildman–Crippen LogP) is 3.93. The molecular formula is C9H7ClF3NO. The smallest absolute Gasteiger partial charge is 0.166 e. The third-order valence-electron chi connectivity index (χ3n) is 1.96. The van der Waals surface area contributed by atoms with Crippen LogP contribution in [0.15, 0.2) is 17.3 Å². The zero-order valence-electron chi connectivity index (χ0n) is 7.73. The maximum atomic E-state index is 12.5. The first-order valence-corrected chi connectivity index (χ1v) is 4.39. The van der Waals surface area contributed by atoms with Crippen molar-refractivity contribution in [3.8, 4) is 0 Å². The summed E-state index contributed by atoms with van der Waals surface area (Å²) >= 11 is 5.62. The maximum Gasteiger partial charge on any atom is 0.416 e. The number of alkyl halides is 3. The van der Waals surface area contributed by atoms with Gasteiger partial charge in [-0.3, -0.25) is 0 Å². The molecule has 0 fully saturated rings. The zero-order chi connectivity index (χ0) is 11.6. The molecule has 0 unspecified atom stereocenters. The Kier molecular flexibility index (Phi) is 3.34. The van der Waals surface area contributed by atoms with Crippen molar-refractivity contribution < 1.29 is 13.2 Å². The Hall–Kier alpha value is -1.10. The number of rotatable bonds is 2. The molecular weight excluding hydrogens is 231 g/mol. The number of benzene rings is 1. The summed E-state index contributed by atoms with van der Waals surface area (Å²) < 4.78 is 37.4. The Morgan fingerprint density at radius 3 is 2.47 bits per heavy atom. The highest BCUT2D eigenvalue weighted by molar-refractivity contribution is 6.31. The fraction of sp³-hybridized carbons (Fsp3) is 0.333. The molecule has 0 heterocycles. The summed E-state index contributed by atoms with van der Waals surface area (Å²) in [7, 11) is 0. The van der Waals surface area contributed by atoms with E-state index in [2.05, 4.69) is 5.18 Å². The topological polar surface area (TPSA) is 29.4 Å². The van der Waals surface area contributed by atoms with Crippen molar-refractivity contribution >= 4 is 11.6 Å². The predicted molar refractivity (Wildman–Crippen MR) is 50.7 cm³/mol. The molecule has 1 rings (SSSR count). The van der Waals surface area contributed by atoms with Crippen molar-refractivity contribution in [1.29, 1.82) is 0 Å². The first kappa shape index (κ1) is 12.0. The molecule has 6 heteroatoms. The van der Waals surface area contributed by atoms with E-state index in [1.54, 1.807) is 0 Å². The molecule has 0 saturated carbocycles. The van der Waals surface area contributed by atoms with Crippen LogP contribution in [0.3, 0.4) is 0 Å². The summed E-state index contributed by atoms with van der Waals surface area (Å²) in [6, 6.07) is 2.20. The number of nitroso groups, excluding NO2 is 1. The van der Waals surface area contributed by atoms with Gasteiger partial charge >= 0.3 is 6.18 Å². The lowest BCUT2D eigenvalue weighted by molar-refractivity contribution is -0.138. The first-order valence-electron chi connectivity index (χ1n) is 4.01. The highest BCUT2D eigenvalue weighted by Crippen LogP contribution is 2.35. The molecule has 0 N–H and O–H groups in total. The van der Waals surface area contributed by atoms with Gasteiger partial charge in [-0.1, -0.05) is 16.8 Å². The molecule has 0 amide bonds. The average Bonchev–Trinajstić information content (AvgIpc) is 2.09. The zero-order valence-corrected chi connectivity index (χ0v) is 8.49. The molecule has 0 aromatic heterocycles. The molecule has 1 aromatic carbocycles. The largest absolute Gasteiger partial charge is 0.416 e. The van der Waals surface area contributed by atoms with Crippen LogP contribution < -0.4 is 0 Å². The number of halogens is 4. The highest BCUT2D eigenvalue weighted by atomic mass is 35.5. The van der Waals surface area contributed by atoms with Crippen molar-refractivity contribution in [2.24, 2.45) is 5.18 Å². The van der Waals surface area contributed by atoms with Crippen molar-refractivity contribution in [1.82, 2.24) is 0 Å². The van der Waals surface area contributed by atoms with Crippen molar-refractivity contribution in [3.05, 3.63) is 38.8 Å². The molecule has 82 valence electrons. The number of hydrogen-bond acceptors (Lipinski definition) is 2. The monoisotopic (exact) mass is 237 g/mol. The van der Waals surface area contributed by atoms with Crippen LogP contribution >= 0.6 is 11.6 Å². The van der Waals surface area contributed by atoms with Gasteiger partial charge in [-0.25, -0.2) is 0 Å². The van der Waals surface area contributed by atoms with E-state index in [4.69, 9.17) is 11.6 Å². The van der Waals surface area contributed by atoms with E-state index in [0.29, 0.717) is 0 Å². The van der Waals surface area contributed by atoms with Crippen LogP contribution in [0.1, 0.15) is 16.7 Å². The third kappa shape index (κ3) is 2.68. The second-order valence-corrected chi connectivity index (χ2v) is 3.44. The van der Waals surface area contributed by atoms with Crippen LogP contribution in [-0.4, -0.2) is 0 Å². The van der Waals surface area contributed by atoms with Crippen molar-refractivity contribution in [3.63, 3.8) is 0 Å². The molecule has 0 bridgehead atoms. The van der Waals surface area contributed by atoms with Gasteiger partial charge in [-0.2, -0.15) is 18.1 Å². The molecule has 2 nitrogen and oxygen atoms in total. The average molecular weight is 238 g/mol. The van der Waals surface area contributed by atoms with Gasteiger partial charge in [-0.05, 0) is 30.2 Å². The van der Waals surface area contributed by atoms with Gasteiger partial charge in [0.25, 0.3) is 0 Å². The Balaban J connectivity index is 3.31. The lowest BCUT2D eigenvalue weighted by Crippen LogP contribution is -2.08. The summed E-state index contributed by atoms with van der Waals surface area (Å²) in [6.45, 7) is 0.965. The molecule has 0 saturated heterocycles. The van der Waals surface area contributed by atoms with Gasteiger partial charge in [0.15, 0.2) is 0 Å². The SMILES string of the molecule is Cc1c(Cl)cc(CN=O)cc1C(F)(F)F. The van der Waals surface area contributed by atoms with Gasteiger partial charge in [0, 0.05) is 5.02 Å². The van der Waals surface area contributed by atoms with Gasteiger partial charge < -0.3 is 0 Å². The van der Waals surface area contributed by atoms with E-state index in [1.807, 2.05) is 0 Å². The van der Waals surface area contributed by atoms with Gasteiger partial charge in [-0.15, -0.1) is 0 Å². The van der Waals surface area contributed by atoms with Crippen LogP contribution in [0.25, 0.3) is 0 Å². The van der Waals surface area contributed by atoms with E-state index >= 15 is 0 Å². The number of nitrogens with zero attached hydrogens (tertiary/aromatic N) is 1. The number of hydrogen-bond donors (Lipinski definition) is 0. The fourth-order valence-electron chi connectivity index (χ4n) is 1.20. The Bertz CT molecular complexity index is 390. The molecule has 0 radical (unpaired) electrons. The lowest BCUT2D eigenvalue weighted by atomic mass is 10.0. The Labute approximate surface area is 89.0 Å². The minimum absolute atomic E-state index is 0.0107. The molecule has 15 heavy (non-hydrogen) atoms. The minimum Gasteiger partial charge on any atom is -0.166 e. The minimum atomic E-state index is -4.47. The maximum absolute atomic E-state index is 12.5. The van der Waals surface area contributed by atoms with Gasteiger partial charge in [0.1, 0.15) is 6.54 Å². The summed E-state index contributed by atoms with van der Waals surface area (Å²) in [5.74, 6) is 0. The second kappa shape index (κ2) is 4.18. The van der Waals surface area contributed by atoms with Crippen LogP contribution in [-0.2, 0) is 12.7 Å². The lowest BCUT2D eigenvalue weighted by Gasteiger charge is -2.12. The first-order chi connectivity index (χ1) is 6.86. The molecule has 0 aliphatic rings. The van der Waals surface area contributed by atoms with Crippen molar-refractivity contribution in [2.75, 3.05) is 0 Å². The van der Waals surface area contributed by atoms with E-state index in [9.17, 15) is 18.1 Å². The standard InChI is InChI=1S/C9H7ClF3NO/c1-5-7(9(11,12)13)2-6(4-14-15)3-8(5)10/h2-3H,4H2,1H3. The molecule has 0 aliphatic carbocycles. The summed E-state index contributed by atoms with van der Waals surface area (Å²) in [5.41, 5.74) is -0.708. The summed E-state index contributed by atoms with van der Waals surface area (Å²) in [5, 5.41) is 2.51. The third-order valence-corrected chi connectivity index (χ3v) is 2.35. The Morgan fingerprint density at radius 2 is 2.00 bits per heavy atom. The van der Waals surface area contributed by atoms with Crippen LogP contribution in [0.5, 0.6) is 0 Å². The van der Waals surface area contributed by atoms with E-state index in [1.165, 1.54) is 13.0 Å². The van der Waals surface area contributed by atoms with E-state index in [-0.39, 0.29) is 22.7 Å². The summed E-state index contributed by atoms with van der Waals surface area (Å²) in [4.78, 5) is 9.96. The van der Waals surface area contributed by atoms with Crippen LogP contribution in [0, 0.1) is 11.8 Å². The van der Waals surface area contributed by atoms with Gasteiger partial charge in [0.2, 0.25) is 0 Å². The van der Waals surface area contributed by atoms with Crippen LogP contribution in [0.4, 0.5) is 13.2 Å². The molecule has 0 aliphatic heterocycles. The summed E-state index contributed by atoms with van der Waals surface area (Å²) in [6.07, 6.45) is -4.47. The molecule has 0 spiro atoms. The van der Waals surface area contributed by atoms with Crippen molar-refractivity contribution in [2.45, 2.75) is 19.6 Å². The molecule has 1 aromatic rings. The second-order valence-electron chi connectivity index (χ2n) is 3.04. The Morgan fingerprint density at radius 1 is 1.40 bits per heavy atom. The van der Waals surface area contributed by atoms with Crippen LogP contribution in [0.2, 0.25) is 5.02 Å². The van der Waals surface area contributed by atoms with E-state index in [0.717, 1.165) is 6.07 Å². The van der Waals surface area contributed by atoms with E-state index < -0.39 is 11.7 Å². The highest BCUT2D eigenvalue weighted by Gasteiger charge is 2.33. The quantitative estimate of drug-likeness (QED) is 0.717. The molecule has 0 atom stereocenters. The normalized spacial score (nSPS) is 11.5. The fourth-order valence-corrected chi connectivity index (χ4v) is 1.44. The van der Waals surface area contributed by atoms with Gasteiger partial charge in [0.05, 0.1) is 5.56 Å².